The predicted molar refractivity (Wildman–Crippen MR) is 91.0 cm³/mol. The summed E-state index contributed by atoms with van der Waals surface area (Å²) in [4.78, 5) is 10.9. The van der Waals surface area contributed by atoms with Crippen LogP contribution in [0.2, 0.25) is 5.02 Å². The summed E-state index contributed by atoms with van der Waals surface area (Å²) >= 11 is 6.15. The average Bonchev–Trinajstić information content (AvgIpc) is 2.59. The molecular weight excluding hydrogens is 328 g/mol. The molecule has 0 spiro atoms. The highest BCUT2D eigenvalue weighted by Crippen LogP contribution is 2.30. The molecule has 0 radical (unpaired) electrons. The van der Waals surface area contributed by atoms with E-state index in [2.05, 4.69) is 6.07 Å². The lowest BCUT2D eigenvalue weighted by molar-refractivity contribution is -0.137. The normalized spacial score (nSPS) is 11.5. The second kappa shape index (κ2) is 8.34. The zero-order valence-corrected chi connectivity index (χ0v) is 13.7. The Balaban J connectivity index is 2.16. The Morgan fingerprint density at radius 1 is 1.33 bits per heavy atom. The van der Waals surface area contributed by atoms with Crippen molar-refractivity contribution in [3.63, 3.8) is 0 Å². The first kappa shape index (κ1) is 17.8. The van der Waals surface area contributed by atoms with Crippen LogP contribution < -0.4 is 10.5 Å². The second-order valence-corrected chi connectivity index (χ2v) is 5.73. The lowest BCUT2D eigenvalue weighted by Gasteiger charge is -2.15. The average molecular weight is 345 g/mol. The Labute approximate surface area is 145 Å². The molecule has 24 heavy (non-hydrogen) atoms. The van der Waals surface area contributed by atoms with Crippen molar-refractivity contribution in [3.05, 3.63) is 64.2 Å². The number of ether oxygens (including phenoxy) is 1. The van der Waals surface area contributed by atoms with Gasteiger partial charge in [0.05, 0.1) is 23.1 Å². The van der Waals surface area contributed by atoms with Crippen molar-refractivity contribution in [1.82, 2.24) is 0 Å². The molecule has 0 aliphatic rings. The predicted octanol–water partition coefficient (Wildman–Crippen LogP) is 3.31. The molecule has 1 atom stereocenters. The van der Waals surface area contributed by atoms with Crippen molar-refractivity contribution < 1.29 is 14.6 Å². The van der Waals surface area contributed by atoms with Crippen molar-refractivity contribution >= 4 is 17.6 Å². The fourth-order valence-corrected chi connectivity index (χ4v) is 2.50. The largest absolute Gasteiger partial charge is 0.487 e. The third-order valence-corrected chi connectivity index (χ3v) is 3.89. The molecule has 2 aromatic carbocycles. The summed E-state index contributed by atoms with van der Waals surface area (Å²) < 4.78 is 5.73. The maximum atomic E-state index is 10.9. The number of carboxylic acids is 1. The molecular formula is C18H17ClN2O3. The standard InChI is InChI=1S/C18H17ClN2O3/c19-16-5-4-14(15(10-21)8-18(22)23)7-17(16)24-11-13-3-1-2-12(6-13)9-20/h1-7,15H,8,10-11,21H2,(H,22,23)/t15-/m0/s1. The molecule has 0 saturated carbocycles. The van der Waals surface area contributed by atoms with E-state index in [1.165, 1.54) is 0 Å². The molecule has 0 saturated heterocycles. The molecule has 5 nitrogen and oxygen atoms in total. The van der Waals surface area contributed by atoms with Crippen LogP contribution in [0, 0.1) is 11.3 Å². The molecule has 0 aliphatic carbocycles. The van der Waals surface area contributed by atoms with Gasteiger partial charge in [-0.3, -0.25) is 4.79 Å². The van der Waals surface area contributed by atoms with E-state index in [1.54, 1.807) is 36.4 Å². The molecule has 0 aliphatic heterocycles. The van der Waals surface area contributed by atoms with Gasteiger partial charge in [-0.25, -0.2) is 0 Å². The number of carboxylic acid groups (broad SMARTS) is 1. The number of halogens is 1. The Morgan fingerprint density at radius 3 is 2.79 bits per heavy atom. The first-order valence-electron chi connectivity index (χ1n) is 7.36. The lowest BCUT2D eigenvalue weighted by Crippen LogP contribution is -2.16. The Hall–Kier alpha value is -2.55. The fraction of sp³-hybridized carbons (Fsp3) is 0.222. The van der Waals surface area contributed by atoms with Gasteiger partial charge in [0.25, 0.3) is 0 Å². The quantitative estimate of drug-likeness (QED) is 0.803. The third-order valence-electron chi connectivity index (χ3n) is 3.58. The molecule has 0 fully saturated rings. The molecule has 0 aromatic heterocycles. The van der Waals surface area contributed by atoms with Crippen LogP contribution in [0.3, 0.4) is 0 Å². The summed E-state index contributed by atoms with van der Waals surface area (Å²) in [5, 5.41) is 18.3. The number of carbonyl (C=O) groups is 1. The monoisotopic (exact) mass is 344 g/mol. The third kappa shape index (κ3) is 4.72. The molecule has 0 bridgehead atoms. The summed E-state index contributed by atoms with van der Waals surface area (Å²) in [6.07, 6.45) is -0.0538. The number of hydrogen-bond donors (Lipinski definition) is 2. The number of nitrogens with two attached hydrogens (primary N) is 1. The fourth-order valence-electron chi connectivity index (χ4n) is 2.32. The van der Waals surface area contributed by atoms with E-state index in [0.717, 1.165) is 11.1 Å². The first-order valence-corrected chi connectivity index (χ1v) is 7.74. The molecule has 2 rings (SSSR count). The topological polar surface area (TPSA) is 96.3 Å². The number of nitrogens with zero attached hydrogens (tertiary/aromatic N) is 1. The molecule has 2 aromatic rings. The van der Waals surface area contributed by atoms with E-state index >= 15 is 0 Å². The number of nitriles is 1. The van der Waals surface area contributed by atoms with Gasteiger partial charge in [0, 0.05) is 5.92 Å². The van der Waals surface area contributed by atoms with Gasteiger partial charge in [-0.15, -0.1) is 0 Å². The first-order chi connectivity index (χ1) is 11.5. The van der Waals surface area contributed by atoms with Crippen LogP contribution in [0.25, 0.3) is 0 Å². The highest BCUT2D eigenvalue weighted by atomic mass is 35.5. The van der Waals surface area contributed by atoms with Crippen LogP contribution in [0.4, 0.5) is 0 Å². The van der Waals surface area contributed by atoms with E-state index in [4.69, 9.17) is 32.4 Å². The summed E-state index contributed by atoms with van der Waals surface area (Å²) in [5.74, 6) is -0.749. The highest BCUT2D eigenvalue weighted by molar-refractivity contribution is 6.32. The zero-order valence-electron chi connectivity index (χ0n) is 12.9. The number of hydrogen-bond acceptors (Lipinski definition) is 4. The smallest absolute Gasteiger partial charge is 0.304 e. The van der Waals surface area contributed by atoms with Crippen LogP contribution in [-0.4, -0.2) is 17.6 Å². The Bertz CT molecular complexity index is 771. The summed E-state index contributed by atoms with van der Waals surface area (Å²) in [5.41, 5.74) is 7.84. The van der Waals surface area contributed by atoms with Crippen molar-refractivity contribution in [3.8, 4) is 11.8 Å². The number of benzene rings is 2. The summed E-state index contributed by atoms with van der Waals surface area (Å²) in [6, 6.07) is 14.3. The minimum absolute atomic E-state index is 0.0538. The van der Waals surface area contributed by atoms with Crippen molar-refractivity contribution in [2.75, 3.05) is 6.54 Å². The van der Waals surface area contributed by atoms with Gasteiger partial charge in [0.2, 0.25) is 0 Å². The maximum Gasteiger partial charge on any atom is 0.304 e. The molecule has 3 N–H and O–H groups in total. The van der Waals surface area contributed by atoms with Crippen LogP contribution >= 0.6 is 11.6 Å². The van der Waals surface area contributed by atoms with E-state index < -0.39 is 5.97 Å². The molecule has 0 amide bonds. The minimum Gasteiger partial charge on any atom is -0.487 e. The van der Waals surface area contributed by atoms with Gasteiger partial charge in [-0.2, -0.15) is 5.26 Å². The molecule has 6 heteroatoms. The summed E-state index contributed by atoms with van der Waals surface area (Å²) in [7, 11) is 0. The van der Waals surface area contributed by atoms with Gasteiger partial charge < -0.3 is 15.6 Å². The van der Waals surface area contributed by atoms with E-state index in [0.29, 0.717) is 16.3 Å². The Kier molecular flexibility index (Phi) is 6.19. The minimum atomic E-state index is -0.906. The van der Waals surface area contributed by atoms with E-state index in [1.807, 2.05) is 6.07 Å². The number of rotatable bonds is 7. The zero-order chi connectivity index (χ0) is 17.5. The number of aliphatic carboxylic acids is 1. The lowest BCUT2D eigenvalue weighted by atomic mass is 9.96. The van der Waals surface area contributed by atoms with Crippen molar-refractivity contribution in [1.29, 1.82) is 5.26 Å². The molecule has 0 heterocycles. The van der Waals surface area contributed by atoms with Crippen molar-refractivity contribution in [2.45, 2.75) is 18.9 Å². The van der Waals surface area contributed by atoms with Gasteiger partial charge >= 0.3 is 5.97 Å². The summed E-state index contributed by atoms with van der Waals surface area (Å²) in [6.45, 7) is 0.475. The maximum absolute atomic E-state index is 10.9. The Morgan fingerprint density at radius 2 is 2.12 bits per heavy atom. The van der Waals surface area contributed by atoms with Gasteiger partial charge in [0.15, 0.2) is 0 Å². The van der Waals surface area contributed by atoms with Crippen LogP contribution in [-0.2, 0) is 11.4 Å². The van der Waals surface area contributed by atoms with Crippen LogP contribution in [0.15, 0.2) is 42.5 Å². The SMILES string of the molecule is N#Cc1cccc(COc2cc([C@H](CN)CC(=O)O)ccc2Cl)c1. The van der Waals surface area contributed by atoms with Crippen LogP contribution in [0.5, 0.6) is 5.75 Å². The molecule has 0 unspecified atom stereocenters. The van der Waals surface area contributed by atoms with E-state index in [9.17, 15) is 4.79 Å². The van der Waals surface area contributed by atoms with Gasteiger partial charge in [-0.05, 0) is 41.9 Å². The molecule has 124 valence electrons. The van der Waals surface area contributed by atoms with Gasteiger partial charge in [0.1, 0.15) is 12.4 Å². The van der Waals surface area contributed by atoms with E-state index in [-0.39, 0.29) is 25.5 Å². The van der Waals surface area contributed by atoms with Gasteiger partial charge in [-0.1, -0.05) is 29.8 Å². The second-order valence-electron chi connectivity index (χ2n) is 5.32. The van der Waals surface area contributed by atoms with Crippen molar-refractivity contribution in [2.24, 2.45) is 5.73 Å². The van der Waals surface area contributed by atoms with Crippen LogP contribution in [0.1, 0.15) is 29.0 Å². The highest BCUT2D eigenvalue weighted by Gasteiger charge is 2.16.